The van der Waals surface area contributed by atoms with Gasteiger partial charge < -0.3 is 0 Å². The average Bonchev–Trinajstić information content (AvgIpc) is 2.78. The maximum Gasteiger partial charge on any atom is 0.273 e. The van der Waals surface area contributed by atoms with Crippen LogP contribution >= 0.6 is 11.6 Å². The van der Waals surface area contributed by atoms with Crippen LogP contribution in [0, 0.1) is 29.9 Å². The minimum atomic E-state index is -0.493. The molecule has 6 nitrogen and oxygen atoms in total. The zero-order valence-electron chi connectivity index (χ0n) is 14.6. The normalized spacial score (nSPS) is 11.4. The molecule has 1 heterocycles. The van der Waals surface area contributed by atoms with Crippen LogP contribution in [0.1, 0.15) is 41.0 Å². The average molecular weight is 362 g/mol. The summed E-state index contributed by atoms with van der Waals surface area (Å²) in [5.74, 6) is 0.0681. The van der Waals surface area contributed by atoms with Crippen LogP contribution in [0.3, 0.4) is 0 Å². The fourth-order valence-corrected chi connectivity index (χ4v) is 2.74. The maximum atomic E-state index is 12.3. The standard InChI is InChI=1S/C18H20ClN3O3/c1-11(2)10-21-18(19)15(13(4)20-21)7-8-17(23)14-6-5-12(3)16(9-14)22(24)25/h5-9,11H,10H2,1-4H3. The van der Waals surface area contributed by atoms with Gasteiger partial charge in [-0.2, -0.15) is 5.10 Å². The van der Waals surface area contributed by atoms with Crippen molar-refractivity contribution in [1.29, 1.82) is 0 Å². The van der Waals surface area contributed by atoms with Crippen LogP contribution in [0.25, 0.3) is 6.08 Å². The number of rotatable bonds is 6. The number of benzene rings is 1. The second kappa shape index (κ2) is 7.61. The number of aromatic nitrogens is 2. The Bertz CT molecular complexity index is 853. The van der Waals surface area contributed by atoms with E-state index in [1.165, 1.54) is 12.1 Å². The van der Waals surface area contributed by atoms with Crippen LogP contribution in [0.15, 0.2) is 24.3 Å². The summed E-state index contributed by atoms with van der Waals surface area (Å²) < 4.78 is 1.71. The van der Waals surface area contributed by atoms with E-state index in [1.807, 2.05) is 6.92 Å². The molecule has 0 aliphatic heterocycles. The van der Waals surface area contributed by atoms with Gasteiger partial charge in [0.25, 0.3) is 5.69 Å². The lowest BCUT2D eigenvalue weighted by molar-refractivity contribution is -0.385. The van der Waals surface area contributed by atoms with Crippen molar-refractivity contribution in [2.75, 3.05) is 0 Å². The van der Waals surface area contributed by atoms with Crippen molar-refractivity contribution in [2.24, 2.45) is 5.92 Å². The van der Waals surface area contributed by atoms with Crippen molar-refractivity contribution < 1.29 is 9.72 Å². The highest BCUT2D eigenvalue weighted by molar-refractivity contribution is 6.31. The molecule has 0 saturated heterocycles. The SMILES string of the molecule is Cc1ccc(C(=O)C=Cc2c(C)nn(CC(C)C)c2Cl)cc1[N+](=O)[O-]. The first-order chi connectivity index (χ1) is 11.7. The summed E-state index contributed by atoms with van der Waals surface area (Å²) >= 11 is 6.34. The second-order valence-corrected chi connectivity index (χ2v) is 6.68. The third-order valence-corrected chi connectivity index (χ3v) is 4.14. The van der Waals surface area contributed by atoms with Crippen molar-refractivity contribution in [3.05, 3.63) is 61.9 Å². The molecule has 0 aliphatic rings. The Balaban J connectivity index is 2.28. The smallest absolute Gasteiger partial charge is 0.273 e. The number of hydrogen-bond donors (Lipinski definition) is 0. The molecule has 1 aromatic heterocycles. The Morgan fingerprint density at radius 3 is 2.68 bits per heavy atom. The van der Waals surface area contributed by atoms with Gasteiger partial charge in [-0.3, -0.25) is 19.6 Å². The van der Waals surface area contributed by atoms with Gasteiger partial charge in [-0.05, 0) is 31.9 Å². The second-order valence-electron chi connectivity index (χ2n) is 6.32. The summed E-state index contributed by atoms with van der Waals surface area (Å²) in [5.41, 5.74) is 2.11. The van der Waals surface area contributed by atoms with E-state index in [1.54, 1.807) is 29.8 Å². The fourth-order valence-electron chi connectivity index (χ4n) is 2.44. The van der Waals surface area contributed by atoms with Crippen molar-refractivity contribution in [1.82, 2.24) is 9.78 Å². The first kappa shape index (κ1) is 18.9. The maximum absolute atomic E-state index is 12.3. The third kappa shape index (κ3) is 4.33. The lowest BCUT2D eigenvalue weighted by atomic mass is 10.1. The molecule has 0 saturated carbocycles. The quantitative estimate of drug-likeness (QED) is 0.325. The highest BCUT2D eigenvalue weighted by Gasteiger charge is 2.15. The summed E-state index contributed by atoms with van der Waals surface area (Å²) in [5, 5.41) is 15.9. The molecule has 0 radical (unpaired) electrons. The van der Waals surface area contributed by atoms with Gasteiger partial charge in [0, 0.05) is 29.3 Å². The number of allylic oxidation sites excluding steroid dienone is 1. The van der Waals surface area contributed by atoms with Crippen LogP contribution in [0.5, 0.6) is 0 Å². The molecule has 0 aliphatic carbocycles. The minimum absolute atomic E-state index is 0.0711. The minimum Gasteiger partial charge on any atom is -0.289 e. The van der Waals surface area contributed by atoms with Gasteiger partial charge in [0.2, 0.25) is 0 Å². The summed E-state index contributed by atoms with van der Waals surface area (Å²) in [7, 11) is 0. The van der Waals surface area contributed by atoms with E-state index in [0.29, 0.717) is 28.7 Å². The molecule has 2 aromatic rings. The van der Waals surface area contributed by atoms with Gasteiger partial charge in [-0.15, -0.1) is 0 Å². The number of nitro groups is 1. The van der Waals surface area contributed by atoms with Gasteiger partial charge in [0.15, 0.2) is 5.78 Å². The summed E-state index contributed by atoms with van der Waals surface area (Å²) in [6.45, 7) is 8.27. The molecule has 0 unspecified atom stereocenters. The molecule has 0 bridgehead atoms. The molecular weight excluding hydrogens is 342 g/mol. The topological polar surface area (TPSA) is 78.0 Å². The molecule has 132 valence electrons. The summed E-state index contributed by atoms with van der Waals surface area (Å²) in [6, 6.07) is 4.43. The third-order valence-electron chi connectivity index (χ3n) is 3.74. The molecule has 0 N–H and O–H groups in total. The molecule has 1 aromatic carbocycles. The van der Waals surface area contributed by atoms with E-state index in [9.17, 15) is 14.9 Å². The number of halogens is 1. The van der Waals surface area contributed by atoms with Gasteiger partial charge in [-0.1, -0.05) is 37.6 Å². The van der Waals surface area contributed by atoms with Gasteiger partial charge in [0.05, 0.1) is 10.6 Å². The summed E-state index contributed by atoms with van der Waals surface area (Å²) in [4.78, 5) is 22.8. The van der Waals surface area contributed by atoms with Crippen LogP contribution in [0.4, 0.5) is 5.69 Å². The predicted octanol–water partition coefficient (Wildman–Crippen LogP) is 4.61. The molecule has 2 rings (SSSR count). The van der Waals surface area contributed by atoms with Crippen molar-refractivity contribution >= 4 is 29.1 Å². The first-order valence-electron chi connectivity index (χ1n) is 7.91. The predicted molar refractivity (Wildman–Crippen MR) is 98.0 cm³/mol. The first-order valence-corrected chi connectivity index (χ1v) is 8.28. The number of aryl methyl sites for hydroxylation is 2. The number of carbonyl (C=O) groups excluding carboxylic acids is 1. The highest BCUT2D eigenvalue weighted by Crippen LogP contribution is 2.23. The molecule has 0 spiro atoms. The van der Waals surface area contributed by atoms with E-state index in [-0.39, 0.29) is 17.0 Å². The van der Waals surface area contributed by atoms with Crippen LogP contribution in [-0.2, 0) is 6.54 Å². The summed E-state index contributed by atoms with van der Waals surface area (Å²) in [6.07, 6.45) is 2.97. The zero-order valence-corrected chi connectivity index (χ0v) is 15.4. The van der Waals surface area contributed by atoms with Crippen molar-refractivity contribution in [2.45, 2.75) is 34.2 Å². The number of ketones is 1. The van der Waals surface area contributed by atoms with E-state index in [2.05, 4.69) is 18.9 Å². The van der Waals surface area contributed by atoms with Crippen molar-refractivity contribution in [3.63, 3.8) is 0 Å². The van der Waals surface area contributed by atoms with Crippen LogP contribution in [0.2, 0.25) is 5.15 Å². The van der Waals surface area contributed by atoms with E-state index in [4.69, 9.17) is 11.6 Å². The van der Waals surface area contributed by atoms with Crippen molar-refractivity contribution in [3.8, 4) is 0 Å². The fraction of sp³-hybridized carbons (Fsp3) is 0.333. The monoisotopic (exact) mass is 361 g/mol. The molecule has 0 amide bonds. The lowest BCUT2D eigenvalue weighted by Gasteiger charge is -2.05. The van der Waals surface area contributed by atoms with E-state index >= 15 is 0 Å². The number of carbonyl (C=O) groups is 1. The van der Waals surface area contributed by atoms with E-state index < -0.39 is 4.92 Å². The molecule has 7 heteroatoms. The van der Waals surface area contributed by atoms with Gasteiger partial charge in [0.1, 0.15) is 5.15 Å². The zero-order chi connectivity index (χ0) is 18.7. The van der Waals surface area contributed by atoms with Crippen LogP contribution in [-0.4, -0.2) is 20.5 Å². The largest absolute Gasteiger partial charge is 0.289 e. The van der Waals surface area contributed by atoms with Crippen LogP contribution < -0.4 is 0 Å². The van der Waals surface area contributed by atoms with E-state index in [0.717, 1.165) is 5.69 Å². The Labute approximate surface area is 151 Å². The number of hydrogen-bond acceptors (Lipinski definition) is 4. The highest BCUT2D eigenvalue weighted by atomic mass is 35.5. The number of nitrogens with zero attached hydrogens (tertiary/aromatic N) is 3. The molecule has 0 fully saturated rings. The Morgan fingerprint density at radius 2 is 2.08 bits per heavy atom. The molecule has 25 heavy (non-hydrogen) atoms. The Kier molecular flexibility index (Phi) is 5.74. The van der Waals surface area contributed by atoms with Gasteiger partial charge in [-0.25, -0.2) is 0 Å². The molecule has 0 atom stereocenters. The number of nitro benzene ring substituents is 1. The lowest BCUT2D eigenvalue weighted by Crippen LogP contribution is -2.06. The molecular formula is C18H20ClN3O3. The Hall–Kier alpha value is -2.47. The Morgan fingerprint density at radius 1 is 1.40 bits per heavy atom. The van der Waals surface area contributed by atoms with Gasteiger partial charge >= 0.3 is 0 Å².